The number of aryl methyl sites for hydroxylation is 1. The predicted octanol–water partition coefficient (Wildman–Crippen LogP) is 6.40. The van der Waals surface area contributed by atoms with Crippen LogP contribution in [0.1, 0.15) is 56.2 Å². The average Bonchev–Trinajstić information content (AvgIpc) is 2.78. The maximum absolute atomic E-state index is 4.94. The van der Waals surface area contributed by atoms with Gasteiger partial charge < -0.3 is 10.6 Å². The van der Waals surface area contributed by atoms with Crippen molar-refractivity contribution >= 4 is 34.7 Å². The Labute approximate surface area is 186 Å². The first-order chi connectivity index (χ1) is 14.4. The van der Waals surface area contributed by atoms with Gasteiger partial charge in [-0.05, 0) is 62.3 Å². The molecule has 3 aromatic rings. The lowest BCUT2D eigenvalue weighted by atomic mass is 9.92. The van der Waals surface area contributed by atoms with Crippen LogP contribution in [0.25, 0.3) is 10.9 Å². The van der Waals surface area contributed by atoms with E-state index in [0.29, 0.717) is 0 Å². The molecule has 4 rings (SSSR count). The molecule has 2 heterocycles. The van der Waals surface area contributed by atoms with Gasteiger partial charge in [0, 0.05) is 47.9 Å². The maximum atomic E-state index is 4.94. The number of fused-ring (bicyclic) bond motifs is 2. The number of hydrogen-bond donors (Lipinski definition) is 2. The third kappa shape index (κ3) is 5.85. The van der Waals surface area contributed by atoms with E-state index in [2.05, 4.69) is 39.9 Å². The third-order valence-electron chi connectivity index (χ3n) is 5.83. The summed E-state index contributed by atoms with van der Waals surface area (Å²) in [7, 11) is 0. The monoisotopic (exact) mass is 424 g/mol. The Morgan fingerprint density at radius 1 is 0.767 bits per heavy atom. The second kappa shape index (κ2) is 11.8. The summed E-state index contributed by atoms with van der Waals surface area (Å²) in [6, 6.07) is 12.6. The van der Waals surface area contributed by atoms with E-state index in [9.17, 15) is 0 Å². The maximum Gasteiger partial charge on any atom is 0.0726 e. The average molecular weight is 425 g/mol. The fourth-order valence-electron chi connectivity index (χ4n) is 4.27. The van der Waals surface area contributed by atoms with Crippen molar-refractivity contribution in [2.75, 3.05) is 23.7 Å². The molecule has 0 unspecified atom stereocenters. The third-order valence-corrected chi connectivity index (χ3v) is 5.83. The Morgan fingerprint density at radius 3 is 2.30 bits per heavy atom. The van der Waals surface area contributed by atoms with Crippen molar-refractivity contribution in [2.24, 2.45) is 0 Å². The zero-order chi connectivity index (χ0) is 19.7. The van der Waals surface area contributed by atoms with Crippen LogP contribution in [0.15, 0.2) is 48.8 Å². The van der Waals surface area contributed by atoms with E-state index < -0.39 is 0 Å². The summed E-state index contributed by atoms with van der Waals surface area (Å²) < 4.78 is 0. The normalized spacial score (nSPS) is 12.8. The molecule has 1 aromatic carbocycles. The van der Waals surface area contributed by atoms with Crippen LogP contribution in [0, 0.1) is 0 Å². The summed E-state index contributed by atoms with van der Waals surface area (Å²) in [4.78, 5) is 8.98. The number of pyridine rings is 2. The van der Waals surface area contributed by atoms with Gasteiger partial charge in [0.1, 0.15) is 0 Å². The molecule has 0 fully saturated rings. The fraction of sp³-hybridized carbons (Fsp3) is 0.440. The van der Waals surface area contributed by atoms with Crippen molar-refractivity contribution in [2.45, 2.75) is 57.8 Å². The van der Waals surface area contributed by atoms with Crippen LogP contribution < -0.4 is 10.6 Å². The van der Waals surface area contributed by atoms with Gasteiger partial charge in [-0.2, -0.15) is 0 Å². The molecule has 4 nitrogen and oxygen atoms in total. The van der Waals surface area contributed by atoms with E-state index in [1.165, 1.54) is 73.7 Å². The first kappa shape index (κ1) is 22.4. The van der Waals surface area contributed by atoms with Gasteiger partial charge >= 0.3 is 0 Å². The minimum atomic E-state index is 0. The van der Waals surface area contributed by atoms with Crippen molar-refractivity contribution in [1.29, 1.82) is 0 Å². The Balaban J connectivity index is 0.00000256. The number of unbranched alkanes of at least 4 members (excludes halogenated alkanes) is 4. The minimum absolute atomic E-state index is 0. The standard InChI is InChI=1S/C25H32N4.ClH/c1(2-8-16-27-20-14-18-26-19-15-20)3-9-17-28-25-21-10-4-6-12-23(21)29-24-13-7-5-11-22(24)25;/h4,6,10,12,14-15,18-19H,1-3,5,7-9,11,13,16-17H2,(H,26,27)(H,28,29);1H. The van der Waals surface area contributed by atoms with Crippen molar-refractivity contribution in [3.63, 3.8) is 0 Å². The van der Waals surface area contributed by atoms with Gasteiger partial charge in [0.15, 0.2) is 0 Å². The van der Waals surface area contributed by atoms with Crippen LogP contribution in [-0.4, -0.2) is 23.1 Å². The molecule has 5 heteroatoms. The summed E-state index contributed by atoms with van der Waals surface area (Å²) in [6.07, 6.45) is 14.8. The van der Waals surface area contributed by atoms with E-state index in [-0.39, 0.29) is 12.4 Å². The number of nitrogens with one attached hydrogen (secondary N) is 2. The van der Waals surface area contributed by atoms with Gasteiger partial charge in [0.2, 0.25) is 0 Å². The summed E-state index contributed by atoms with van der Waals surface area (Å²) in [5.74, 6) is 0. The SMILES string of the molecule is Cl.c1ccc2c(NCCCCCCCNc3ccncc3)c3c(nc2c1)CCCC3. The molecule has 1 aliphatic rings. The molecule has 0 saturated heterocycles. The number of halogens is 1. The van der Waals surface area contributed by atoms with Crippen LogP contribution in [0.2, 0.25) is 0 Å². The number of benzene rings is 1. The summed E-state index contributed by atoms with van der Waals surface area (Å²) >= 11 is 0. The van der Waals surface area contributed by atoms with Crippen LogP contribution >= 0.6 is 12.4 Å². The Kier molecular flexibility index (Phi) is 8.76. The van der Waals surface area contributed by atoms with Crippen LogP contribution in [0.5, 0.6) is 0 Å². The molecule has 0 aliphatic heterocycles. The second-order valence-corrected chi connectivity index (χ2v) is 7.99. The number of nitrogens with zero attached hydrogens (tertiary/aromatic N) is 2. The first-order valence-electron chi connectivity index (χ1n) is 11.2. The quantitative estimate of drug-likeness (QED) is 0.369. The lowest BCUT2D eigenvalue weighted by molar-refractivity contribution is 0.634. The number of aromatic nitrogens is 2. The first-order valence-corrected chi connectivity index (χ1v) is 11.2. The van der Waals surface area contributed by atoms with Gasteiger partial charge in [0.25, 0.3) is 0 Å². The molecule has 30 heavy (non-hydrogen) atoms. The summed E-state index contributed by atoms with van der Waals surface area (Å²) in [5, 5.41) is 8.52. The Morgan fingerprint density at radius 2 is 1.47 bits per heavy atom. The van der Waals surface area contributed by atoms with Crippen LogP contribution in [-0.2, 0) is 12.8 Å². The molecule has 2 aromatic heterocycles. The Bertz CT molecular complexity index is 914. The van der Waals surface area contributed by atoms with Gasteiger partial charge in [-0.1, -0.05) is 37.5 Å². The van der Waals surface area contributed by atoms with Gasteiger partial charge in [-0.15, -0.1) is 12.4 Å². The lowest BCUT2D eigenvalue weighted by Gasteiger charge is -2.21. The smallest absolute Gasteiger partial charge is 0.0726 e. The Hall–Kier alpha value is -2.33. The highest BCUT2D eigenvalue weighted by molar-refractivity contribution is 5.93. The topological polar surface area (TPSA) is 49.8 Å². The van der Waals surface area contributed by atoms with Crippen molar-refractivity contribution in [3.8, 4) is 0 Å². The number of rotatable bonds is 10. The van der Waals surface area contributed by atoms with Crippen molar-refractivity contribution in [1.82, 2.24) is 9.97 Å². The number of hydrogen-bond acceptors (Lipinski definition) is 4. The fourth-order valence-corrected chi connectivity index (χ4v) is 4.27. The highest BCUT2D eigenvalue weighted by Crippen LogP contribution is 2.33. The predicted molar refractivity (Wildman–Crippen MR) is 130 cm³/mol. The molecule has 0 saturated carbocycles. The van der Waals surface area contributed by atoms with Gasteiger partial charge in [0.05, 0.1) is 5.52 Å². The van der Waals surface area contributed by atoms with E-state index in [1.807, 2.05) is 24.5 Å². The molecule has 2 N–H and O–H groups in total. The molecule has 0 amide bonds. The molecule has 0 atom stereocenters. The van der Waals surface area contributed by atoms with Crippen molar-refractivity contribution < 1.29 is 0 Å². The van der Waals surface area contributed by atoms with E-state index in [0.717, 1.165) is 30.7 Å². The highest BCUT2D eigenvalue weighted by Gasteiger charge is 2.17. The number of para-hydroxylation sites is 1. The van der Waals surface area contributed by atoms with Crippen LogP contribution in [0.3, 0.4) is 0 Å². The van der Waals surface area contributed by atoms with Crippen molar-refractivity contribution in [3.05, 3.63) is 60.0 Å². The summed E-state index contributed by atoms with van der Waals surface area (Å²) in [6.45, 7) is 2.09. The highest BCUT2D eigenvalue weighted by atomic mass is 35.5. The molecule has 0 bridgehead atoms. The molecular weight excluding hydrogens is 392 g/mol. The zero-order valence-corrected chi connectivity index (χ0v) is 18.5. The molecular formula is C25H33ClN4. The molecule has 1 aliphatic carbocycles. The van der Waals surface area contributed by atoms with Gasteiger partial charge in [-0.3, -0.25) is 9.97 Å². The van der Waals surface area contributed by atoms with E-state index >= 15 is 0 Å². The number of anilines is 2. The lowest BCUT2D eigenvalue weighted by Crippen LogP contribution is -2.12. The van der Waals surface area contributed by atoms with Gasteiger partial charge in [-0.25, -0.2) is 0 Å². The molecule has 0 spiro atoms. The van der Waals surface area contributed by atoms with E-state index in [4.69, 9.17) is 4.98 Å². The minimum Gasteiger partial charge on any atom is -0.385 e. The molecule has 160 valence electrons. The van der Waals surface area contributed by atoms with Crippen LogP contribution in [0.4, 0.5) is 11.4 Å². The second-order valence-electron chi connectivity index (χ2n) is 7.99. The van der Waals surface area contributed by atoms with E-state index in [1.54, 1.807) is 0 Å². The zero-order valence-electron chi connectivity index (χ0n) is 17.7. The molecule has 0 radical (unpaired) electrons. The largest absolute Gasteiger partial charge is 0.385 e. The summed E-state index contributed by atoms with van der Waals surface area (Å²) in [5.41, 5.74) is 6.44.